The van der Waals surface area contributed by atoms with Crippen molar-refractivity contribution >= 4 is 29.7 Å². The van der Waals surface area contributed by atoms with Gasteiger partial charge in [-0.05, 0) is 31.4 Å². The second kappa shape index (κ2) is 11.8. The summed E-state index contributed by atoms with van der Waals surface area (Å²) in [6.07, 6.45) is -0.456. The highest BCUT2D eigenvalue weighted by Crippen LogP contribution is 2.35. The normalized spacial score (nSPS) is 22.2. The number of carbonyl (C=O) groups excluding carboxylic acids is 5. The van der Waals surface area contributed by atoms with Crippen molar-refractivity contribution in [3.63, 3.8) is 0 Å². The van der Waals surface area contributed by atoms with Gasteiger partial charge >= 0.3 is 11.9 Å². The van der Waals surface area contributed by atoms with Crippen LogP contribution in [-0.4, -0.2) is 70.0 Å². The number of fused-ring (bicyclic) bond motifs is 1. The summed E-state index contributed by atoms with van der Waals surface area (Å²) < 4.78 is 16.4. The molecule has 0 spiro atoms. The highest BCUT2D eigenvalue weighted by molar-refractivity contribution is 6.15. The predicted octanol–water partition coefficient (Wildman–Crippen LogP) is 2.39. The van der Waals surface area contributed by atoms with Crippen LogP contribution in [0.5, 0.6) is 0 Å². The molecule has 4 unspecified atom stereocenters. The maximum atomic E-state index is 14.2. The minimum absolute atomic E-state index is 0.00472. The first-order valence-corrected chi connectivity index (χ1v) is 12.9. The number of piperazine rings is 1. The summed E-state index contributed by atoms with van der Waals surface area (Å²) in [6.45, 7) is 3.97. The summed E-state index contributed by atoms with van der Waals surface area (Å²) in [7, 11) is 0. The molecule has 39 heavy (non-hydrogen) atoms. The van der Waals surface area contributed by atoms with Gasteiger partial charge in [0.05, 0.1) is 13.2 Å². The molecule has 2 aromatic carbocycles. The Bertz CT molecular complexity index is 1230. The Kier molecular flexibility index (Phi) is 8.44. The molecule has 0 saturated carbocycles. The highest BCUT2D eigenvalue weighted by Gasteiger charge is 2.58. The SMILES string of the molecule is CCOC(=O)C(C)(OCc1ccccc1)C(=O)N1C(=O)C2CCC(OC(C)=O)N2C(=O)C1Cc1ccccc1. The second-order valence-corrected chi connectivity index (χ2v) is 9.65. The topological polar surface area (TPSA) is 120 Å². The third-order valence-electron chi connectivity index (χ3n) is 6.94. The molecule has 2 aliphatic heterocycles. The minimum atomic E-state index is -2.20. The Morgan fingerprint density at radius 3 is 2.13 bits per heavy atom. The number of nitrogens with zero attached hydrogens (tertiary/aromatic N) is 2. The lowest BCUT2D eigenvalue weighted by atomic mass is 9.95. The quantitative estimate of drug-likeness (QED) is 0.354. The minimum Gasteiger partial charge on any atom is -0.463 e. The lowest BCUT2D eigenvalue weighted by molar-refractivity contribution is -0.192. The smallest absolute Gasteiger partial charge is 0.348 e. The summed E-state index contributed by atoms with van der Waals surface area (Å²) in [4.78, 5) is 68.9. The number of esters is 2. The van der Waals surface area contributed by atoms with E-state index in [9.17, 15) is 24.0 Å². The molecule has 2 aliphatic rings. The van der Waals surface area contributed by atoms with E-state index in [0.717, 1.165) is 4.90 Å². The zero-order valence-electron chi connectivity index (χ0n) is 22.2. The number of rotatable bonds is 9. The molecule has 4 atom stereocenters. The first-order chi connectivity index (χ1) is 18.7. The van der Waals surface area contributed by atoms with E-state index in [1.54, 1.807) is 55.5 Å². The zero-order chi connectivity index (χ0) is 28.2. The molecule has 0 radical (unpaired) electrons. The molecule has 3 amide bonds. The fraction of sp³-hybridized carbons (Fsp3) is 0.414. The van der Waals surface area contributed by atoms with Gasteiger partial charge in [0.2, 0.25) is 11.5 Å². The van der Waals surface area contributed by atoms with E-state index < -0.39 is 53.6 Å². The van der Waals surface area contributed by atoms with Crippen molar-refractivity contribution in [3.05, 3.63) is 71.8 Å². The van der Waals surface area contributed by atoms with Crippen molar-refractivity contribution in [2.75, 3.05) is 6.61 Å². The average molecular weight is 537 g/mol. The molecule has 0 aliphatic carbocycles. The number of imide groups is 1. The molecule has 2 heterocycles. The lowest BCUT2D eigenvalue weighted by Crippen LogP contribution is -2.70. The van der Waals surface area contributed by atoms with Crippen molar-refractivity contribution in [1.82, 2.24) is 9.80 Å². The standard InChI is InChI=1S/C29H32N2O8/c1-4-37-28(36)29(3,38-18-21-13-9-6-10-14-21)27(35)31-23(17-20-11-7-5-8-12-20)26(34)30-22(25(31)33)15-16-24(30)39-19(2)32/h5-14,22-24H,4,15-18H2,1-3H3. The van der Waals surface area contributed by atoms with E-state index in [-0.39, 0.29) is 32.5 Å². The van der Waals surface area contributed by atoms with Crippen LogP contribution in [0.15, 0.2) is 60.7 Å². The van der Waals surface area contributed by atoms with E-state index in [1.807, 2.05) is 12.1 Å². The molecule has 4 rings (SSSR count). The molecular formula is C29H32N2O8. The fourth-order valence-electron chi connectivity index (χ4n) is 4.99. The van der Waals surface area contributed by atoms with Crippen molar-refractivity contribution in [2.45, 2.75) is 70.6 Å². The van der Waals surface area contributed by atoms with E-state index >= 15 is 0 Å². The molecule has 2 fully saturated rings. The van der Waals surface area contributed by atoms with Gasteiger partial charge in [0.25, 0.3) is 11.8 Å². The van der Waals surface area contributed by atoms with Crippen LogP contribution in [0.2, 0.25) is 0 Å². The van der Waals surface area contributed by atoms with Gasteiger partial charge < -0.3 is 14.2 Å². The molecule has 206 valence electrons. The lowest BCUT2D eigenvalue weighted by Gasteiger charge is -2.44. The number of carbonyl (C=O) groups is 5. The maximum Gasteiger partial charge on any atom is 0.348 e. The van der Waals surface area contributed by atoms with Gasteiger partial charge in [0.15, 0.2) is 6.23 Å². The van der Waals surface area contributed by atoms with Crippen LogP contribution in [0.25, 0.3) is 0 Å². The summed E-state index contributed by atoms with van der Waals surface area (Å²) in [5, 5.41) is 0. The Morgan fingerprint density at radius 2 is 1.54 bits per heavy atom. The Morgan fingerprint density at radius 1 is 0.923 bits per heavy atom. The van der Waals surface area contributed by atoms with Crippen LogP contribution in [0, 0.1) is 0 Å². The van der Waals surface area contributed by atoms with Crippen molar-refractivity contribution in [3.8, 4) is 0 Å². The predicted molar refractivity (Wildman–Crippen MR) is 137 cm³/mol. The first kappa shape index (κ1) is 28.0. The van der Waals surface area contributed by atoms with Crippen LogP contribution in [0.3, 0.4) is 0 Å². The molecule has 2 saturated heterocycles. The third kappa shape index (κ3) is 5.70. The number of amides is 3. The zero-order valence-corrected chi connectivity index (χ0v) is 22.2. The third-order valence-corrected chi connectivity index (χ3v) is 6.94. The second-order valence-electron chi connectivity index (χ2n) is 9.65. The highest BCUT2D eigenvalue weighted by atomic mass is 16.6. The van der Waals surface area contributed by atoms with Crippen LogP contribution in [0.1, 0.15) is 44.7 Å². The van der Waals surface area contributed by atoms with Gasteiger partial charge in [-0.2, -0.15) is 0 Å². The largest absolute Gasteiger partial charge is 0.463 e. The summed E-state index contributed by atoms with van der Waals surface area (Å²) in [5.74, 6) is -3.73. The number of benzene rings is 2. The van der Waals surface area contributed by atoms with Crippen molar-refractivity contribution < 1.29 is 38.2 Å². The Balaban J connectivity index is 1.72. The average Bonchev–Trinajstić information content (AvgIpc) is 3.34. The first-order valence-electron chi connectivity index (χ1n) is 12.9. The van der Waals surface area contributed by atoms with Crippen molar-refractivity contribution in [2.24, 2.45) is 0 Å². The van der Waals surface area contributed by atoms with Crippen molar-refractivity contribution in [1.29, 1.82) is 0 Å². The molecular weight excluding hydrogens is 504 g/mol. The van der Waals surface area contributed by atoms with Crippen LogP contribution < -0.4 is 0 Å². The van der Waals surface area contributed by atoms with Gasteiger partial charge in [-0.1, -0.05) is 60.7 Å². The Labute approximate surface area is 226 Å². The van der Waals surface area contributed by atoms with E-state index in [0.29, 0.717) is 11.1 Å². The number of hydrogen-bond acceptors (Lipinski definition) is 8. The van der Waals surface area contributed by atoms with E-state index in [4.69, 9.17) is 14.2 Å². The Hall–Kier alpha value is -4.05. The monoisotopic (exact) mass is 536 g/mol. The van der Waals surface area contributed by atoms with Crippen LogP contribution in [-0.2, 0) is 51.2 Å². The molecule has 0 bridgehead atoms. The van der Waals surface area contributed by atoms with Crippen LogP contribution >= 0.6 is 0 Å². The maximum absolute atomic E-state index is 14.2. The summed E-state index contributed by atoms with van der Waals surface area (Å²) in [6, 6.07) is 15.6. The van der Waals surface area contributed by atoms with E-state index in [1.165, 1.54) is 18.7 Å². The van der Waals surface area contributed by atoms with Gasteiger partial charge in [-0.3, -0.25) is 29.0 Å². The molecule has 10 nitrogen and oxygen atoms in total. The van der Waals surface area contributed by atoms with Gasteiger partial charge in [-0.25, -0.2) is 4.79 Å². The van der Waals surface area contributed by atoms with Gasteiger partial charge in [0.1, 0.15) is 12.1 Å². The summed E-state index contributed by atoms with van der Waals surface area (Å²) in [5.41, 5.74) is -0.799. The van der Waals surface area contributed by atoms with Gasteiger partial charge in [0, 0.05) is 19.8 Å². The van der Waals surface area contributed by atoms with Crippen LogP contribution in [0.4, 0.5) is 0 Å². The fourth-order valence-corrected chi connectivity index (χ4v) is 4.99. The molecule has 0 aromatic heterocycles. The molecule has 0 N–H and O–H groups in total. The number of ether oxygens (including phenoxy) is 3. The van der Waals surface area contributed by atoms with E-state index in [2.05, 4.69) is 0 Å². The number of hydrogen-bond donors (Lipinski definition) is 0. The molecule has 2 aromatic rings. The summed E-state index contributed by atoms with van der Waals surface area (Å²) >= 11 is 0. The van der Waals surface area contributed by atoms with Gasteiger partial charge in [-0.15, -0.1) is 0 Å². The molecule has 10 heteroatoms.